The van der Waals surface area contributed by atoms with E-state index in [1.54, 1.807) is 30.3 Å². The molecule has 1 heterocycles. The van der Waals surface area contributed by atoms with E-state index >= 15 is 0 Å². The predicted octanol–water partition coefficient (Wildman–Crippen LogP) is 2.31. The molecule has 1 amide bonds. The second kappa shape index (κ2) is 10.8. The Morgan fingerprint density at radius 2 is 1.88 bits per heavy atom. The first-order valence-corrected chi connectivity index (χ1v) is 11.6. The Labute approximate surface area is 191 Å². The number of para-hydroxylation sites is 1. The number of carbonyl (C=O) groups excluding carboxylic acids is 2. The molecule has 0 saturated carbocycles. The zero-order valence-corrected chi connectivity index (χ0v) is 18.9. The molecule has 2 aromatic carbocycles. The molecule has 1 saturated heterocycles. The fourth-order valence-corrected chi connectivity index (χ4v) is 4.54. The lowest BCUT2D eigenvalue weighted by molar-refractivity contribution is -0.155. The van der Waals surface area contributed by atoms with Crippen molar-refractivity contribution in [2.45, 2.75) is 17.9 Å². The topological polar surface area (TPSA) is 111 Å². The number of amides is 1. The first-order valence-electron chi connectivity index (χ1n) is 9.83. The molecule has 1 aliphatic heterocycles. The van der Waals surface area contributed by atoms with E-state index in [2.05, 4.69) is 5.32 Å². The minimum Gasteiger partial charge on any atom is -0.480 e. The number of halogens is 1. The van der Waals surface area contributed by atoms with Gasteiger partial charge in [0.05, 0.1) is 23.1 Å². The summed E-state index contributed by atoms with van der Waals surface area (Å²) in [5.41, 5.74) is 0.263. The molecule has 32 heavy (non-hydrogen) atoms. The highest BCUT2D eigenvalue weighted by Gasteiger charge is 2.27. The van der Waals surface area contributed by atoms with Gasteiger partial charge in [-0.1, -0.05) is 29.8 Å². The second-order valence-corrected chi connectivity index (χ2v) is 9.23. The summed E-state index contributed by atoms with van der Waals surface area (Å²) in [7, 11) is -3.71. The van der Waals surface area contributed by atoms with Gasteiger partial charge < -0.3 is 19.5 Å². The third-order valence-electron chi connectivity index (χ3n) is 4.57. The van der Waals surface area contributed by atoms with E-state index in [0.717, 1.165) is 0 Å². The molecule has 0 bridgehead atoms. The average Bonchev–Trinajstić information content (AvgIpc) is 2.79. The van der Waals surface area contributed by atoms with Crippen molar-refractivity contribution in [3.05, 3.63) is 53.6 Å². The van der Waals surface area contributed by atoms with E-state index in [0.29, 0.717) is 24.0 Å². The summed E-state index contributed by atoms with van der Waals surface area (Å²) in [5.74, 6) is -1.05. The smallest absolute Gasteiger partial charge is 0.344 e. The van der Waals surface area contributed by atoms with Crippen LogP contribution in [0.3, 0.4) is 0 Å². The number of hydrogen-bond donors (Lipinski definition) is 1. The van der Waals surface area contributed by atoms with E-state index in [1.165, 1.54) is 29.4 Å². The minimum absolute atomic E-state index is 0.0509. The van der Waals surface area contributed by atoms with Crippen molar-refractivity contribution in [3.63, 3.8) is 0 Å². The molecule has 1 N–H and O–H groups in total. The number of sulfonamides is 1. The molecule has 3 rings (SSSR count). The van der Waals surface area contributed by atoms with Crippen LogP contribution in [0.25, 0.3) is 0 Å². The molecule has 172 valence electrons. The molecule has 1 unspecified atom stereocenters. The van der Waals surface area contributed by atoms with Crippen LogP contribution in [0.1, 0.15) is 6.92 Å². The molecule has 0 aromatic heterocycles. The number of esters is 1. The predicted molar refractivity (Wildman–Crippen MR) is 117 cm³/mol. The lowest BCUT2D eigenvalue weighted by Gasteiger charge is -2.26. The lowest BCUT2D eigenvalue weighted by Crippen LogP contribution is -2.40. The van der Waals surface area contributed by atoms with Gasteiger partial charge in [-0.2, -0.15) is 4.31 Å². The highest BCUT2D eigenvalue weighted by atomic mass is 35.5. The van der Waals surface area contributed by atoms with Gasteiger partial charge in [-0.15, -0.1) is 0 Å². The van der Waals surface area contributed by atoms with Crippen LogP contribution < -0.4 is 10.1 Å². The molecule has 0 spiro atoms. The molecule has 9 nitrogen and oxygen atoms in total. The van der Waals surface area contributed by atoms with E-state index in [9.17, 15) is 18.0 Å². The van der Waals surface area contributed by atoms with Crippen molar-refractivity contribution >= 4 is 39.2 Å². The summed E-state index contributed by atoms with van der Waals surface area (Å²) in [6.07, 6.45) is -1.13. The van der Waals surface area contributed by atoms with Gasteiger partial charge in [0.15, 0.2) is 12.7 Å². The first kappa shape index (κ1) is 24.0. The Bertz CT molecular complexity index is 1070. The van der Waals surface area contributed by atoms with E-state index in [4.69, 9.17) is 25.8 Å². The van der Waals surface area contributed by atoms with Gasteiger partial charge in [-0.3, -0.25) is 4.79 Å². The van der Waals surface area contributed by atoms with Gasteiger partial charge in [0.2, 0.25) is 10.0 Å². The van der Waals surface area contributed by atoms with Gasteiger partial charge >= 0.3 is 5.97 Å². The zero-order chi connectivity index (χ0) is 23.1. The lowest BCUT2D eigenvalue weighted by atomic mass is 10.3. The van der Waals surface area contributed by atoms with Crippen LogP contribution in [-0.4, -0.2) is 63.6 Å². The number of benzene rings is 2. The van der Waals surface area contributed by atoms with Gasteiger partial charge in [-0.05, 0) is 37.3 Å². The number of nitrogens with one attached hydrogen (secondary N) is 1. The average molecular weight is 483 g/mol. The number of carbonyl (C=O) groups is 2. The fraction of sp³-hybridized carbons (Fsp3) is 0.333. The van der Waals surface area contributed by atoms with Crippen LogP contribution in [0.15, 0.2) is 53.4 Å². The van der Waals surface area contributed by atoms with Gasteiger partial charge in [0.1, 0.15) is 5.75 Å². The third-order valence-corrected chi connectivity index (χ3v) is 6.78. The maximum Gasteiger partial charge on any atom is 0.344 e. The summed E-state index contributed by atoms with van der Waals surface area (Å²) in [6, 6.07) is 12.5. The third kappa shape index (κ3) is 6.19. The van der Waals surface area contributed by atoms with Gasteiger partial charge in [-0.25, -0.2) is 13.2 Å². The standard InChI is InChI=1S/C21H23ClN2O7S/c1-15(31-20(25)14-30-19-8-3-2-7-18(19)22)21(26)23-16-5-4-6-17(13-16)32(27,28)24-9-11-29-12-10-24/h2-8,13,15H,9-12,14H2,1H3,(H,23,26). The Hall–Kier alpha value is -2.66. The molecule has 11 heteroatoms. The number of rotatable bonds is 8. The van der Waals surface area contributed by atoms with E-state index in [1.807, 2.05) is 0 Å². The zero-order valence-electron chi connectivity index (χ0n) is 17.3. The normalized spacial score (nSPS) is 15.6. The molecular formula is C21H23ClN2O7S. The van der Waals surface area contributed by atoms with E-state index in [-0.39, 0.29) is 23.7 Å². The molecule has 2 aromatic rings. The van der Waals surface area contributed by atoms with Gasteiger partial charge in [0.25, 0.3) is 5.91 Å². The van der Waals surface area contributed by atoms with Crippen molar-refractivity contribution in [3.8, 4) is 5.75 Å². The van der Waals surface area contributed by atoms with Crippen LogP contribution >= 0.6 is 11.6 Å². The van der Waals surface area contributed by atoms with Crippen LogP contribution in [0.2, 0.25) is 5.02 Å². The quantitative estimate of drug-likeness (QED) is 0.574. The van der Waals surface area contributed by atoms with E-state index < -0.39 is 34.6 Å². The van der Waals surface area contributed by atoms with Crippen LogP contribution in [0, 0.1) is 0 Å². The van der Waals surface area contributed by atoms with Crippen LogP contribution in [0.4, 0.5) is 5.69 Å². The number of morpholine rings is 1. The molecule has 0 aliphatic carbocycles. The van der Waals surface area contributed by atoms with Crippen molar-refractivity contribution < 1.29 is 32.2 Å². The monoisotopic (exact) mass is 482 g/mol. The first-order chi connectivity index (χ1) is 15.3. The SMILES string of the molecule is CC(OC(=O)COc1ccccc1Cl)C(=O)Nc1cccc(S(=O)(=O)N2CCOCC2)c1. The number of hydrogen-bond acceptors (Lipinski definition) is 7. The highest BCUT2D eigenvalue weighted by Crippen LogP contribution is 2.23. The second-order valence-electron chi connectivity index (χ2n) is 6.88. The molecule has 1 aliphatic rings. The summed E-state index contributed by atoms with van der Waals surface area (Å²) in [5, 5.41) is 2.91. The maximum atomic E-state index is 12.8. The number of anilines is 1. The number of nitrogens with zero attached hydrogens (tertiary/aromatic N) is 1. The molecule has 0 radical (unpaired) electrons. The Morgan fingerprint density at radius 1 is 1.16 bits per heavy atom. The Balaban J connectivity index is 1.56. The Kier molecular flexibility index (Phi) is 8.08. The van der Waals surface area contributed by atoms with Crippen molar-refractivity contribution in [2.24, 2.45) is 0 Å². The fourth-order valence-electron chi connectivity index (χ4n) is 2.90. The van der Waals surface area contributed by atoms with Gasteiger partial charge in [0, 0.05) is 18.8 Å². The minimum atomic E-state index is -3.71. The summed E-state index contributed by atoms with van der Waals surface area (Å²) >= 11 is 5.96. The van der Waals surface area contributed by atoms with Crippen LogP contribution in [0.5, 0.6) is 5.75 Å². The van der Waals surface area contributed by atoms with Crippen LogP contribution in [-0.2, 0) is 29.1 Å². The summed E-state index contributed by atoms with van der Waals surface area (Å²) in [4.78, 5) is 24.5. The van der Waals surface area contributed by atoms with Crippen molar-refractivity contribution in [1.29, 1.82) is 0 Å². The molecule has 1 fully saturated rings. The van der Waals surface area contributed by atoms with Crippen molar-refractivity contribution in [1.82, 2.24) is 4.31 Å². The summed E-state index contributed by atoms with van der Waals surface area (Å²) in [6.45, 7) is 2.17. The Morgan fingerprint density at radius 3 is 2.59 bits per heavy atom. The maximum absolute atomic E-state index is 12.8. The number of ether oxygens (including phenoxy) is 3. The summed E-state index contributed by atoms with van der Waals surface area (Å²) < 4.78 is 42.5. The largest absolute Gasteiger partial charge is 0.480 e. The molecular weight excluding hydrogens is 460 g/mol. The van der Waals surface area contributed by atoms with Crippen molar-refractivity contribution in [2.75, 3.05) is 38.2 Å². The highest BCUT2D eigenvalue weighted by molar-refractivity contribution is 7.89. The molecule has 1 atom stereocenters.